The smallest absolute Gasteiger partial charge is 0.214 e. The molecule has 0 atom stereocenters. The lowest BCUT2D eigenvalue weighted by Gasteiger charge is -2.06. The standard InChI is InChI=1S/C13H13FN2O/c14-12-2-1-3-13(16-12)15-8-10-4-6-11(9-17)7-5-10/h1-7,17H,8-9H2,(H,15,16). The molecule has 0 unspecified atom stereocenters. The number of rotatable bonds is 4. The first kappa shape index (κ1) is 11.5. The van der Waals surface area contributed by atoms with Gasteiger partial charge in [-0.15, -0.1) is 0 Å². The highest BCUT2D eigenvalue weighted by Gasteiger charge is 1.97. The van der Waals surface area contributed by atoms with Crippen molar-refractivity contribution in [3.05, 3.63) is 59.5 Å². The van der Waals surface area contributed by atoms with Gasteiger partial charge in [-0.1, -0.05) is 30.3 Å². The van der Waals surface area contributed by atoms with Crippen LogP contribution in [0.4, 0.5) is 10.2 Å². The molecular formula is C13H13FN2O. The third-order valence-electron chi connectivity index (χ3n) is 2.39. The summed E-state index contributed by atoms with van der Waals surface area (Å²) in [4.78, 5) is 3.70. The third-order valence-corrected chi connectivity index (χ3v) is 2.39. The van der Waals surface area contributed by atoms with E-state index in [4.69, 9.17) is 5.11 Å². The highest BCUT2D eigenvalue weighted by molar-refractivity contribution is 5.35. The Labute approximate surface area is 98.9 Å². The highest BCUT2D eigenvalue weighted by atomic mass is 19.1. The van der Waals surface area contributed by atoms with E-state index in [9.17, 15) is 4.39 Å². The summed E-state index contributed by atoms with van der Waals surface area (Å²) in [5, 5.41) is 11.9. The zero-order valence-corrected chi connectivity index (χ0v) is 9.23. The first-order chi connectivity index (χ1) is 8.28. The molecule has 1 aromatic carbocycles. The minimum absolute atomic E-state index is 0.0408. The van der Waals surface area contributed by atoms with Crippen LogP contribution in [0.5, 0.6) is 0 Å². The maximum absolute atomic E-state index is 12.8. The molecule has 0 bridgehead atoms. The Balaban J connectivity index is 1.97. The normalized spacial score (nSPS) is 10.2. The molecule has 0 aliphatic rings. The van der Waals surface area contributed by atoms with Crippen LogP contribution in [0.3, 0.4) is 0 Å². The van der Waals surface area contributed by atoms with Gasteiger partial charge in [0.05, 0.1) is 6.61 Å². The fraction of sp³-hybridized carbons (Fsp3) is 0.154. The molecule has 3 nitrogen and oxygen atoms in total. The quantitative estimate of drug-likeness (QED) is 0.795. The van der Waals surface area contributed by atoms with Crippen LogP contribution in [-0.4, -0.2) is 10.1 Å². The lowest BCUT2D eigenvalue weighted by Crippen LogP contribution is -2.02. The zero-order chi connectivity index (χ0) is 12.1. The van der Waals surface area contributed by atoms with E-state index >= 15 is 0 Å². The van der Waals surface area contributed by atoms with Crippen LogP contribution < -0.4 is 5.32 Å². The molecule has 2 rings (SSSR count). The molecule has 0 saturated carbocycles. The number of halogens is 1. The van der Waals surface area contributed by atoms with Gasteiger partial charge in [-0.25, -0.2) is 4.98 Å². The van der Waals surface area contributed by atoms with Crippen LogP contribution in [0.1, 0.15) is 11.1 Å². The lowest BCUT2D eigenvalue weighted by molar-refractivity contribution is 0.282. The fourth-order valence-electron chi connectivity index (χ4n) is 1.46. The minimum Gasteiger partial charge on any atom is -0.392 e. The van der Waals surface area contributed by atoms with E-state index in [0.717, 1.165) is 11.1 Å². The summed E-state index contributed by atoms with van der Waals surface area (Å²) in [6.45, 7) is 0.612. The van der Waals surface area contributed by atoms with E-state index in [1.807, 2.05) is 24.3 Å². The Morgan fingerprint density at radius 1 is 1.06 bits per heavy atom. The number of pyridine rings is 1. The van der Waals surface area contributed by atoms with Gasteiger partial charge in [0.15, 0.2) is 0 Å². The number of anilines is 1. The molecule has 2 N–H and O–H groups in total. The van der Waals surface area contributed by atoms with Gasteiger partial charge >= 0.3 is 0 Å². The maximum Gasteiger partial charge on any atom is 0.214 e. The van der Waals surface area contributed by atoms with Crippen LogP contribution in [0.2, 0.25) is 0 Å². The second-order valence-electron chi connectivity index (χ2n) is 3.67. The van der Waals surface area contributed by atoms with Crippen LogP contribution >= 0.6 is 0 Å². The molecule has 0 fully saturated rings. The first-order valence-corrected chi connectivity index (χ1v) is 5.33. The monoisotopic (exact) mass is 232 g/mol. The molecule has 0 amide bonds. The summed E-state index contributed by atoms with van der Waals surface area (Å²) < 4.78 is 12.8. The van der Waals surface area contributed by atoms with E-state index in [0.29, 0.717) is 12.4 Å². The number of aromatic nitrogens is 1. The molecule has 0 radical (unpaired) electrons. The Bertz CT molecular complexity index is 485. The molecule has 2 aromatic rings. The Kier molecular flexibility index (Phi) is 3.67. The van der Waals surface area contributed by atoms with Crippen molar-refractivity contribution in [1.82, 2.24) is 4.98 Å². The van der Waals surface area contributed by atoms with Gasteiger partial charge in [-0.2, -0.15) is 4.39 Å². The average Bonchev–Trinajstić information content (AvgIpc) is 2.37. The van der Waals surface area contributed by atoms with Crippen LogP contribution in [0.25, 0.3) is 0 Å². The van der Waals surface area contributed by atoms with Gasteiger partial charge in [0.1, 0.15) is 5.82 Å². The molecule has 0 spiro atoms. The number of nitrogens with one attached hydrogen (secondary N) is 1. The van der Waals surface area contributed by atoms with E-state index < -0.39 is 5.95 Å². The number of hydrogen-bond acceptors (Lipinski definition) is 3. The largest absolute Gasteiger partial charge is 0.392 e. The van der Waals surface area contributed by atoms with E-state index in [1.165, 1.54) is 6.07 Å². The Hall–Kier alpha value is -1.94. The fourth-order valence-corrected chi connectivity index (χ4v) is 1.46. The summed E-state index contributed by atoms with van der Waals surface area (Å²) in [6.07, 6.45) is 0. The van der Waals surface area contributed by atoms with Gasteiger partial charge in [0.25, 0.3) is 0 Å². The topological polar surface area (TPSA) is 45.1 Å². The van der Waals surface area contributed by atoms with Crippen molar-refractivity contribution in [3.8, 4) is 0 Å². The first-order valence-electron chi connectivity index (χ1n) is 5.33. The van der Waals surface area contributed by atoms with Crippen molar-refractivity contribution in [3.63, 3.8) is 0 Å². The van der Waals surface area contributed by atoms with Gasteiger partial charge in [0, 0.05) is 6.54 Å². The number of aliphatic hydroxyl groups is 1. The third kappa shape index (κ3) is 3.26. The second-order valence-corrected chi connectivity index (χ2v) is 3.67. The van der Waals surface area contributed by atoms with Crippen molar-refractivity contribution in [2.75, 3.05) is 5.32 Å². The van der Waals surface area contributed by atoms with Gasteiger partial charge in [-0.3, -0.25) is 0 Å². The molecule has 0 aliphatic heterocycles. The SMILES string of the molecule is OCc1ccc(CNc2cccc(F)n2)cc1. The van der Waals surface area contributed by atoms with E-state index in [1.54, 1.807) is 12.1 Å². The molecule has 4 heteroatoms. The van der Waals surface area contributed by atoms with Crippen molar-refractivity contribution in [2.45, 2.75) is 13.2 Å². The number of aliphatic hydroxyl groups excluding tert-OH is 1. The summed E-state index contributed by atoms with van der Waals surface area (Å²) in [5.74, 6) is 0.0156. The van der Waals surface area contributed by atoms with E-state index in [-0.39, 0.29) is 6.61 Å². The molecule has 0 saturated heterocycles. The predicted molar refractivity (Wildman–Crippen MR) is 63.9 cm³/mol. The molecule has 1 heterocycles. The molecule has 1 aromatic heterocycles. The zero-order valence-electron chi connectivity index (χ0n) is 9.23. The van der Waals surface area contributed by atoms with Crippen molar-refractivity contribution >= 4 is 5.82 Å². The summed E-state index contributed by atoms with van der Waals surface area (Å²) >= 11 is 0. The van der Waals surface area contributed by atoms with Gasteiger partial charge in [-0.05, 0) is 23.3 Å². The van der Waals surface area contributed by atoms with Crippen molar-refractivity contribution in [1.29, 1.82) is 0 Å². The maximum atomic E-state index is 12.8. The number of benzene rings is 1. The van der Waals surface area contributed by atoms with Crippen LogP contribution in [0.15, 0.2) is 42.5 Å². The van der Waals surface area contributed by atoms with Crippen LogP contribution in [0, 0.1) is 5.95 Å². The van der Waals surface area contributed by atoms with Gasteiger partial charge in [0.2, 0.25) is 5.95 Å². The summed E-state index contributed by atoms with van der Waals surface area (Å²) in [7, 11) is 0. The molecular weight excluding hydrogens is 219 g/mol. The van der Waals surface area contributed by atoms with Crippen molar-refractivity contribution < 1.29 is 9.50 Å². The van der Waals surface area contributed by atoms with Crippen LogP contribution in [-0.2, 0) is 13.2 Å². The molecule has 0 aliphatic carbocycles. The molecule has 17 heavy (non-hydrogen) atoms. The van der Waals surface area contributed by atoms with Gasteiger partial charge < -0.3 is 10.4 Å². The summed E-state index contributed by atoms with van der Waals surface area (Å²) in [5.41, 5.74) is 1.92. The lowest BCUT2D eigenvalue weighted by atomic mass is 10.1. The highest BCUT2D eigenvalue weighted by Crippen LogP contribution is 2.08. The Morgan fingerprint density at radius 2 is 1.76 bits per heavy atom. The second kappa shape index (κ2) is 5.41. The number of nitrogens with zero attached hydrogens (tertiary/aromatic N) is 1. The minimum atomic E-state index is -0.495. The summed E-state index contributed by atoms with van der Waals surface area (Å²) in [6, 6.07) is 12.2. The average molecular weight is 232 g/mol. The molecule has 88 valence electrons. The van der Waals surface area contributed by atoms with Crippen molar-refractivity contribution in [2.24, 2.45) is 0 Å². The Morgan fingerprint density at radius 3 is 2.41 bits per heavy atom. The van der Waals surface area contributed by atoms with E-state index in [2.05, 4.69) is 10.3 Å². The number of hydrogen-bond donors (Lipinski definition) is 2. The predicted octanol–water partition coefficient (Wildman–Crippen LogP) is 2.33.